The van der Waals surface area contributed by atoms with Crippen molar-refractivity contribution in [1.29, 1.82) is 0 Å². The summed E-state index contributed by atoms with van der Waals surface area (Å²) in [5.41, 5.74) is 0.384. The number of hydrogen-bond acceptors (Lipinski definition) is 7. The molecule has 6 nitrogen and oxygen atoms in total. The van der Waals surface area contributed by atoms with E-state index in [9.17, 15) is 15.0 Å². The van der Waals surface area contributed by atoms with Crippen LogP contribution in [0.2, 0.25) is 0 Å². The summed E-state index contributed by atoms with van der Waals surface area (Å²) >= 11 is 0.959. The zero-order chi connectivity index (χ0) is 13.5. The van der Waals surface area contributed by atoms with Gasteiger partial charge in [0.25, 0.3) is 0 Å². The Morgan fingerprint density at radius 1 is 1.44 bits per heavy atom. The molecule has 0 aliphatic heterocycles. The summed E-state index contributed by atoms with van der Waals surface area (Å²) in [6, 6.07) is 0.223. The monoisotopic (exact) mass is 272 g/mol. The summed E-state index contributed by atoms with van der Waals surface area (Å²) in [6.07, 6.45) is 0.627. The summed E-state index contributed by atoms with van der Waals surface area (Å²) in [5.74, 6) is 0.129. The third kappa shape index (κ3) is 4.59. The van der Waals surface area contributed by atoms with Gasteiger partial charge in [0.05, 0.1) is 12.7 Å². The molecule has 2 atom stereocenters. The highest BCUT2D eigenvalue weighted by molar-refractivity contribution is 8.13. The molecule has 0 aliphatic rings. The van der Waals surface area contributed by atoms with E-state index in [4.69, 9.17) is 4.74 Å². The van der Waals surface area contributed by atoms with Crippen molar-refractivity contribution in [2.75, 3.05) is 12.4 Å². The minimum Gasteiger partial charge on any atom is -0.464 e. The smallest absolute Gasteiger partial charge is 0.316 e. The van der Waals surface area contributed by atoms with Crippen LogP contribution in [-0.2, 0) is 4.79 Å². The van der Waals surface area contributed by atoms with E-state index in [0.717, 1.165) is 11.8 Å². The van der Waals surface area contributed by atoms with Crippen molar-refractivity contribution in [2.24, 2.45) is 0 Å². The fourth-order valence-electron chi connectivity index (χ4n) is 1.20. The second kappa shape index (κ2) is 7.30. The Kier molecular flexibility index (Phi) is 6.03. The molecule has 1 rings (SSSR count). The molecule has 1 aromatic heterocycles. The van der Waals surface area contributed by atoms with E-state index in [1.54, 1.807) is 0 Å². The van der Waals surface area contributed by atoms with Gasteiger partial charge < -0.3 is 14.9 Å². The fraction of sp³-hybridized carbons (Fsp3) is 0.545. The second-order valence-electron chi connectivity index (χ2n) is 3.55. The summed E-state index contributed by atoms with van der Waals surface area (Å²) in [7, 11) is 0. The van der Waals surface area contributed by atoms with Gasteiger partial charge in [-0.1, -0.05) is 11.8 Å². The van der Waals surface area contributed by atoms with Gasteiger partial charge in [0.2, 0.25) is 0 Å². The van der Waals surface area contributed by atoms with E-state index in [1.165, 1.54) is 19.3 Å². The molecule has 0 amide bonds. The molecule has 0 fully saturated rings. The normalized spacial score (nSPS) is 14.0. The number of aliphatic hydroxyl groups is 2. The second-order valence-corrected chi connectivity index (χ2v) is 4.74. The van der Waals surface area contributed by atoms with E-state index < -0.39 is 12.2 Å². The predicted octanol–water partition coefficient (Wildman–Crippen LogP) is 0.549. The molecule has 1 aromatic rings. The molecule has 100 valence electrons. The molecule has 1 heterocycles. The Morgan fingerprint density at radius 3 is 2.56 bits per heavy atom. The van der Waals surface area contributed by atoms with Crippen LogP contribution in [0.5, 0.6) is 6.01 Å². The Labute approximate surface area is 109 Å². The van der Waals surface area contributed by atoms with E-state index in [2.05, 4.69) is 9.97 Å². The van der Waals surface area contributed by atoms with Crippen molar-refractivity contribution in [3.8, 4) is 6.01 Å². The molecule has 7 heteroatoms. The summed E-state index contributed by atoms with van der Waals surface area (Å²) < 4.78 is 5.06. The van der Waals surface area contributed by atoms with Crippen LogP contribution in [0, 0.1) is 0 Å². The molecular weight excluding hydrogens is 256 g/mol. The number of nitrogens with zero attached hydrogens (tertiary/aromatic N) is 2. The molecule has 0 aliphatic carbocycles. The average molecular weight is 272 g/mol. The van der Waals surface area contributed by atoms with Crippen molar-refractivity contribution in [3.63, 3.8) is 0 Å². The lowest BCUT2D eigenvalue weighted by Crippen LogP contribution is -2.21. The Morgan fingerprint density at radius 2 is 2.06 bits per heavy atom. The zero-order valence-corrected chi connectivity index (χ0v) is 11.1. The first-order valence-electron chi connectivity index (χ1n) is 5.48. The highest BCUT2D eigenvalue weighted by atomic mass is 32.2. The van der Waals surface area contributed by atoms with Crippen molar-refractivity contribution >= 4 is 16.9 Å². The van der Waals surface area contributed by atoms with E-state index >= 15 is 0 Å². The van der Waals surface area contributed by atoms with Crippen molar-refractivity contribution < 1.29 is 19.7 Å². The lowest BCUT2D eigenvalue weighted by atomic mass is 10.1. The molecule has 0 aromatic carbocycles. The van der Waals surface area contributed by atoms with Crippen LogP contribution in [0.15, 0.2) is 12.4 Å². The third-order valence-corrected chi connectivity index (χ3v) is 3.00. The lowest BCUT2D eigenvalue weighted by Gasteiger charge is -2.16. The van der Waals surface area contributed by atoms with Crippen LogP contribution in [0.3, 0.4) is 0 Å². The maximum atomic E-state index is 10.8. The van der Waals surface area contributed by atoms with Gasteiger partial charge in [-0.3, -0.25) is 4.79 Å². The van der Waals surface area contributed by atoms with Crippen molar-refractivity contribution in [2.45, 2.75) is 26.1 Å². The van der Waals surface area contributed by atoms with Crippen LogP contribution < -0.4 is 4.74 Å². The van der Waals surface area contributed by atoms with Crippen molar-refractivity contribution in [1.82, 2.24) is 9.97 Å². The number of ether oxygens (including phenoxy) is 1. The minimum absolute atomic E-state index is 0.107. The van der Waals surface area contributed by atoms with Gasteiger partial charge >= 0.3 is 6.01 Å². The van der Waals surface area contributed by atoms with E-state index in [1.807, 2.05) is 6.92 Å². The average Bonchev–Trinajstić information content (AvgIpc) is 2.36. The van der Waals surface area contributed by atoms with Gasteiger partial charge in [0.1, 0.15) is 6.10 Å². The Balaban J connectivity index is 2.59. The molecule has 18 heavy (non-hydrogen) atoms. The minimum atomic E-state index is -1.12. The van der Waals surface area contributed by atoms with Crippen molar-refractivity contribution in [3.05, 3.63) is 18.0 Å². The van der Waals surface area contributed by atoms with Gasteiger partial charge in [0.15, 0.2) is 5.12 Å². The molecule has 0 bridgehead atoms. The Bertz CT molecular complexity index is 385. The number of thioether (sulfide) groups is 1. The van der Waals surface area contributed by atoms with Gasteiger partial charge in [-0.15, -0.1) is 0 Å². The molecule has 2 N–H and O–H groups in total. The maximum absolute atomic E-state index is 10.8. The van der Waals surface area contributed by atoms with Gasteiger partial charge in [-0.25, -0.2) is 9.97 Å². The molecule has 0 saturated heterocycles. The zero-order valence-electron chi connectivity index (χ0n) is 10.2. The highest BCUT2D eigenvalue weighted by Gasteiger charge is 2.20. The first-order chi connectivity index (χ1) is 8.54. The molecular formula is C11H16N2O4S. The third-order valence-electron chi connectivity index (χ3n) is 2.08. The van der Waals surface area contributed by atoms with Gasteiger partial charge in [0, 0.05) is 30.6 Å². The standard InChI is InChI=1S/C11H16N2O4S/c1-3-17-11-12-4-8(5-13-11)10(16)9(15)6-18-7(2)14/h4-5,9-10,15-16H,3,6H2,1-2H3. The summed E-state index contributed by atoms with van der Waals surface area (Å²) in [6.45, 7) is 3.68. The van der Waals surface area contributed by atoms with E-state index in [0.29, 0.717) is 12.2 Å². The SMILES string of the molecule is CCOc1ncc(C(O)C(O)CSC(C)=O)cn1. The molecule has 2 unspecified atom stereocenters. The molecule has 0 radical (unpaired) electrons. The topological polar surface area (TPSA) is 92.5 Å². The van der Waals surface area contributed by atoms with Crippen LogP contribution in [0.1, 0.15) is 25.5 Å². The largest absolute Gasteiger partial charge is 0.464 e. The maximum Gasteiger partial charge on any atom is 0.316 e. The first kappa shape index (κ1) is 14.9. The summed E-state index contributed by atoms with van der Waals surface area (Å²) in [4.78, 5) is 18.5. The van der Waals surface area contributed by atoms with Crippen LogP contribution in [0.25, 0.3) is 0 Å². The number of carbonyl (C=O) groups excluding carboxylic acids is 1. The fourth-order valence-corrected chi connectivity index (χ4v) is 1.79. The first-order valence-corrected chi connectivity index (χ1v) is 6.47. The van der Waals surface area contributed by atoms with Crippen LogP contribution in [-0.4, -0.2) is 43.8 Å². The highest BCUT2D eigenvalue weighted by Crippen LogP contribution is 2.19. The quantitative estimate of drug-likeness (QED) is 0.781. The van der Waals surface area contributed by atoms with Gasteiger partial charge in [-0.05, 0) is 6.92 Å². The lowest BCUT2D eigenvalue weighted by molar-refractivity contribution is -0.109. The Hall–Kier alpha value is -1.18. The summed E-state index contributed by atoms with van der Waals surface area (Å²) in [5, 5.41) is 19.4. The number of carbonyl (C=O) groups is 1. The molecule has 0 saturated carbocycles. The molecule has 0 spiro atoms. The number of aliphatic hydroxyl groups excluding tert-OH is 2. The van der Waals surface area contributed by atoms with E-state index in [-0.39, 0.29) is 16.9 Å². The number of hydrogen-bond donors (Lipinski definition) is 2. The van der Waals surface area contributed by atoms with Crippen LogP contribution >= 0.6 is 11.8 Å². The predicted molar refractivity (Wildman–Crippen MR) is 67.3 cm³/mol. The van der Waals surface area contributed by atoms with Gasteiger partial charge in [-0.2, -0.15) is 0 Å². The van der Waals surface area contributed by atoms with Crippen LogP contribution in [0.4, 0.5) is 0 Å². The number of aromatic nitrogens is 2. The number of rotatable bonds is 6.